The number of thioether (sulfide) groups is 7. The van der Waals surface area contributed by atoms with Crippen LogP contribution in [0.4, 0.5) is 0 Å². The second kappa shape index (κ2) is 37.7. The van der Waals surface area contributed by atoms with Gasteiger partial charge in [0.1, 0.15) is 47.5 Å². The van der Waals surface area contributed by atoms with Gasteiger partial charge >= 0.3 is 35.8 Å². The minimum Gasteiger partial charge on any atom is -0.508 e. The van der Waals surface area contributed by atoms with Crippen LogP contribution in [0.3, 0.4) is 0 Å². The number of hydrogen-bond donors (Lipinski definition) is 14. The number of aromatic hydroxyl groups is 2. The van der Waals surface area contributed by atoms with Crippen LogP contribution in [0.2, 0.25) is 0 Å². The number of carboxylic acids is 6. The van der Waals surface area contributed by atoms with Crippen molar-refractivity contribution in [3.8, 4) is 11.5 Å². The maximum atomic E-state index is 11.4. The molecule has 7 saturated heterocycles. The molecule has 0 aliphatic carbocycles. The number of carboxylic acid groups (broad SMARTS) is 6. The van der Waals surface area contributed by atoms with Crippen molar-refractivity contribution < 1.29 is 74.4 Å². The highest BCUT2D eigenvalue weighted by molar-refractivity contribution is 9.10. The quantitative estimate of drug-likeness (QED) is 0.0482. The predicted molar refractivity (Wildman–Crippen MR) is 396 cm³/mol. The summed E-state index contributed by atoms with van der Waals surface area (Å²) in [6, 6.07) is 42.5. The SMILES string of the molecule is CC(=O)C1CSC(c2ccc(C3CC(C(=O)O)CS3)cc2)N1.Cc1ccc(C)c(C2NC(C(=O)O)CS2)c1.Cc1cccc(C2NC(C(=O)O)CS2)c1.O=C(O)C1CSC(c2cc(Br)ccc2O)N1.O=C(O)C1CSC(c2ccccc2)N1.O=C(O)C1CSC(c2ccccc2O)N1. The lowest BCUT2D eigenvalue weighted by Crippen LogP contribution is -2.33. The highest BCUT2D eigenvalue weighted by atomic mass is 79.9. The lowest BCUT2D eigenvalue weighted by molar-refractivity contribution is -0.141. The van der Waals surface area contributed by atoms with Gasteiger partial charge in [-0.3, -0.25) is 65.5 Å². The van der Waals surface area contributed by atoms with E-state index in [0.29, 0.717) is 46.5 Å². The standard InChI is InChI=1S/C16H19NO3S2.C12H15NO2S.C11H13NO2S.C10H10BrNO3S.C10H11NO3S.C10H11NO2S/c1-9(18)13-8-22-15(17-13)11-4-2-10(3-5-11)14-6-12(7-21-14)16(19)20;1-7-3-4-8(2)9(5-7)11-13-10(6-16-11)12(14)15;1-7-3-2-4-8(5-7)10-12-9(6-15-10)11(13)14;11-5-1-2-8(13)6(3-5)9-12-7(4-16-9)10(14)15;12-8-4-2-1-3-6(8)9-11-7(5-15-9)10(13)14;12-10(13)8-6-14-9(11-8)7-4-2-1-3-5-7/h2-5,12-15,17H,6-8H2,1H3,(H,19,20);3-5,10-11,13H,6H2,1-2H3,(H,14,15);2-5,9-10,12H,6H2,1H3,(H,13,14);1-3,7,9,12-13H,4H2,(H,14,15);1-4,7,9,11-12H,5H2,(H,13,14);1-5,8-9,11H,6H2,(H,12,13). The van der Waals surface area contributed by atoms with Crippen molar-refractivity contribution in [2.24, 2.45) is 5.92 Å². The Morgan fingerprint density at radius 2 is 0.776 bits per heavy atom. The second-order valence-electron chi connectivity index (χ2n) is 23.6. The van der Waals surface area contributed by atoms with Crippen LogP contribution in [-0.4, -0.2) is 159 Å². The number of carbonyl (C=O) groups excluding carboxylic acids is 1. The molecule has 6 aromatic carbocycles. The number of Topliss-reactive ketones (excluding diaryl/α,β-unsaturated/α-hetero) is 1. The van der Waals surface area contributed by atoms with Crippen LogP contribution in [0, 0.1) is 26.7 Å². The summed E-state index contributed by atoms with van der Waals surface area (Å²) in [6.07, 6.45) is 0.711. The summed E-state index contributed by atoms with van der Waals surface area (Å²) in [4.78, 5) is 76.3. The first-order valence-electron chi connectivity index (χ1n) is 31.1. The molecule has 21 nitrogen and oxygen atoms in total. The summed E-state index contributed by atoms with van der Waals surface area (Å²) in [5.41, 5.74) is 10.9. The lowest BCUT2D eigenvalue weighted by atomic mass is 10.0. The van der Waals surface area contributed by atoms with E-state index in [9.17, 15) is 43.8 Å². The van der Waals surface area contributed by atoms with E-state index in [2.05, 4.69) is 110 Å². The number of carbonyl (C=O) groups is 7. The number of ketones is 1. The molecule has 0 amide bonds. The number of hydrogen-bond acceptors (Lipinski definition) is 22. The Kier molecular flexibility index (Phi) is 29.9. The Balaban J connectivity index is 0.000000151. The minimum absolute atomic E-state index is 0.0450. The molecule has 7 aliphatic heterocycles. The van der Waals surface area contributed by atoms with E-state index in [-0.39, 0.29) is 66.7 Å². The van der Waals surface area contributed by atoms with E-state index in [1.807, 2.05) is 61.5 Å². The highest BCUT2D eigenvalue weighted by Crippen LogP contribution is 2.45. The number of phenols is 2. The predicted octanol–water partition coefficient (Wildman–Crippen LogP) is 11.3. The molecule has 0 radical (unpaired) electrons. The molecule has 7 aliphatic rings. The van der Waals surface area contributed by atoms with E-state index in [4.69, 9.17) is 30.6 Å². The van der Waals surface area contributed by atoms with Crippen LogP contribution in [0.1, 0.15) is 106 Å². The third-order valence-corrected chi connectivity index (χ3v) is 25.8. The molecule has 7 heterocycles. The molecule has 14 N–H and O–H groups in total. The molecular weight excluding hydrogens is 1460 g/mol. The summed E-state index contributed by atoms with van der Waals surface area (Å²) in [5, 5.41) is 91.7. The van der Waals surface area contributed by atoms with Gasteiger partial charge in [0, 0.05) is 61.1 Å². The molecule has 14 unspecified atom stereocenters. The number of aryl methyl sites for hydroxylation is 3. The van der Waals surface area contributed by atoms with Gasteiger partial charge in [0.05, 0.1) is 44.2 Å². The number of phenolic OH excluding ortho intramolecular Hbond substituents is 2. The Bertz CT molecular complexity index is 3610. The first kappa shape index (κ1) is 77.8. The van der Waals surface area contributed by atoms with E-state index >= 15 is 0 Å². The van der Waals surface area contributed by atoms with Gasteiger partial charge in [-0.2, -0.15) is 11.8 Å². The molecule has 13 rings (SSSR count). The highest BCUT2D eigenvalue weighted by Gasteiger charge is 2.37. The van der Waals surface area contributed by atoms with Gasteiger partial charge in [-0.05, 0) is 91.8 Å². The van der Waals surface area contributed by atoms with Crippen LogP contribution >= 0.6 is 98.3 Å². The number of aliphatic carboxylic acids is 6. The Labute approximate surface area is 606 Å². The maximum absolute atomic E-state index is 11.4. The second-order valence-corrected chi connectivity index (χ2v) is 32.6. The number of halogens is 1. The summed E-state index contributed by atoms with van der Waals surface area (Å²) >= 11 is 14.7. The number of nitrogens with one attached hydrogen (secondary N) is 6. The molecule has 6 aromatic rings. The van der Waals surface area contributed by atoms with Gasteiger partial charge in [-0.1, -0.05) is 142 Å². The number of rotatable bonds is 14. The molecule has 524 valence electrons. The van der Waals surface area contributed by atoms with Gasteiger partial charge in [0.15, 0.2) is 0 Å². The molecule has 0 aromatic heterocycles. The van der Waals surface area contributed by atoms with Crippen LogP contribution in [0.15, 0.2) is 144 Å². The number of benzene rings is 6. The van der Waals surface area contributed by atoms with E-state index in [1.54, 1.807) is 102 Å². The summed E-state index contributed by atoms with van der Waals surface area (Å²) in [7, 11) is 0. The summed E-state index contributed by atoms with van der Waals surface area (Å²) < 4.78 is 0.862. The molecule has 29 heteroatoms. The van der Waals surface area contributed by atoms with Gasteiger partial charge in [0.2, 0.25) is 0 Å². The van der Waals surface area contributed by atoms with Gasteiger partial charge in [-0.25, -0.2) is 0 Å². The maximum Gasteiger partial charge on any atom is 0.321 e. The summed E-state index contributed by atoms with van der Waals surface area (Å²) in [6.45, 7) is 7.78. The van der Waals surface area contributed by atoms with E-state index < -0.39 is 66.0 Å². The molecule has 0 spiro atoms. The van der Waals surface area contributed by atoms with Crippen molar-refractivity contribution >= 4 is 140 Å². The van der Waals surface area contributed by atoms with Crippen LogP contribution in [0.5, 0.6) is 11.5 Å². The van der Waals surface area contributed by atoms with Gasteiger partial charge in [-0.15, -0.1) is 70.6 Å². The zero-order chi connectivity index (χ0) is 70.7. The fourth-order valence-electron chi connectivity index (χ4n) is 10.8. The molecule has 0 bridgehead atoms. The van der Waals surface area contributed by atoms with Crippen LogP contribution < -0.4 is 31.9 Å². The third-order valence-electron chi connectivity index (χ3n) is 16.3. The Morgan fingerprint density at radius 3 is 1.24 bits per heavy atom. The Morgan fingerprint density at radius 1 is 0.367 bits per heavy atom. The normalized spacial score (nSPS) is 26.6. The monoisotopic (exact) mass is 1530 g/mol. The van der Waals surface area contributed by atoms with E-state index in [1.165, 1.54) is 56.9 Å². The zero-order valence-corrected chi connectivity index (χ0v) is 61.0. The van der Waals surface area contributed by atoms with Crippen LogP contribution in [0.25, 0.3) is 0 Å². The van der Waals surface area contributed by atoms with Gasteiger partial charge < -0.3 is 40.9 Å². The fraction of sp³-hybridized carbons (Fsp3) is 0.377. The molecule has 0 saturated carbocycles. The van der Waals surface area contributed by atoms with Crippen molar-refractivity contribution in [2.75, 3.05) is 40.3 Å². The first-order chi connectivity index (χ1) is 46.8. The lowest BCUT2D eigenvalue weighted by Gasteiger charge is -2.14. The summed E-state index contributed by atoms with van der Waals surface area (Å²) in [5.74, 6) is 0.103. The Hall–Kier alpha value is -5.90. The average molecular weight is 1540 g/mol. The average Bonchev–Trinajstić information content (AvgIpc) is 1.75. The van der Waals surface area contributed by atoms with Crippen molar-refractivity contribution in [1.29, 1.82) is 0 Å². The topological polar surface area (TPSA) is 354 Å². The van der Waals surface area contributed by atoms with Gasteiger partial charge in [0.25, 0.3) is 0 Å². The van der Waals surface area contributed by atoms with E-state index in [0.717, 1.165) is 26.9 Å². The van der Waals surface area contributed by atoms with Crippen molar-refractivity contribution in [1.82, 2.24) is 31.9 Å². The third kappa shape index (κ3) is 22.6. The largest absolute Gasteiger partial charge is 0.508 e. The molecule has 98 heavy (non-hydrogen) atoms. The smallest absolute Gasteiger partial charge is 0.321 e. The molecular formula is C69H79BrN6O15S7. The van der Waals surface area contributed by atoms with Crippen LogP contribution in [-0.2, 0) is 33.6 Å². The molecule has 14 atom stereocenters. The van der Waals surface area contributed by atoms with Crippen molar-refractivity contribution in [3.05, 3.63) is 200 Å². The molecule has 7 fully saturated rings. The first-order valence-corrected chi connectivity index (χ1v) is 39.2. The number of para-hydroxylation sites is 1. The van der Waals surface area contributed by atoms with Crippen molar-refractivity contribution in [3.63, 3.8) is 0 Å². The zero-order valence-electron chi connectivity index (χ0n) is 53.7. The van der Waals surface area contributed by atoms with Crippen molar-refractivity contribution in [2.45, 2.75) is 108 Å². The minimum atomic E-state index is -0.857. The fourth-order valence-corrected chi connectivity index (χ4v) is 20.2.